The number of carbonyl (C=O) groups is 1. The quantitative estimate of drug-likeness (QED) is 0.747. The van der Waals surface area contributed by atoms with E-state index in [2.05, 4.69) is 15.5 Å². The summed E-state index contributed by atoms with van der Waals surface area (Å²) in [6.07, 6.45) is 6.12. The van der Waals surface area contributed by atoms with Crippen LogP contribution in [0.15, 0.2) is 24.3 Å². The van der Waals surface area contributed by atoms with Crippen molar-refractivity contribution in [2.24, 2.45) is 0 Å². The van der Waals surface area contributed by atoms with Gasteiger partial charge >= 0.3 is 0 Å². The number of hydrogen-bond donors (Lipinski definition) is 2. The molecule has 0 spiro atoms. The van der Waals surface area contributed by atoms with Crippen LogP contribution in [0.3, 0.4) is 0 Å². The lowest BCUT2D eigenvalue weighted by molar-refractivity contribution is -0.121. The lowest BCUT2D eigenvalue weighted by Crippen LogP contribution is -2.60. The number of hydrogen-bond acceptors (Lipinski definition) is 4. The number of amides is 1. The molecule has 0 bridgehead atoms. The number of benzene rings is 1. The molecule has 2 fully saturated rings. The molecule has 27 heavy (non-hydrogen) atoms. The van der Waals surface area contributed by atoms with Crippen molar-refractivity contribution in [1.29, 1.82) is 0 Å². The van der Waals surface area contributed by atoms with E-state index >= 15 is 0 Å². The zero-order valence-corrected chi connectivity index (χ0v) is 17.1. The molecule has 6 heteroatoms. The summed E-state index contributed by atoms with van der Waals surface area (Å²) in [6.45, 7) is 6.60. The Morgan fingerprint density at radius 1 is 1.22 bits per heavy atom. The summed E-state index contributed by atoms with van der Waals surface area (Å²) in [5.74, 6) is 0.0483. The normalized spacial score (nSPS) is 21.6. The van der Waals surface area contributed by atoms with E-state index in [1.807, 2.05) is 31.2 Å². The maximum atomic E-state index is 12.5. The lowest BCUT2D eigenvalue weighted by atomic mass is 9.79. The summed E-state index contributed by atoms with van der Waals surface area (Å²) in [4.78, 5) is 15.0. The number of ether oxygens (including phenoxy) is 1. The molecular weight excluding hydrogens is 362 g/mol. The van der Waals surface area contributed by atoms with Gasteiger partial charge in [-0.05, 0) is 31.4 Å². The molecule has 1 aliphatic heterocycles. The Morgan fingerprint density at radius 3 is 2.63 bits per heavy atom. The molecule has 1 atom stereocenters. The molecule has 0 radical (unpaired) electrons. The summed E-state index contributed by atoms with van der Waals surface area (Å²) >= 11 is 6.25. The Balaban J connectivity index is 1.51. The summed E-state index contributed by atoms with van der Waals surface area (Å²) in [7, 11) is 0. The number of nitrogens with zero attached hydrogens (tertiary/aromatic N) is 1. The number of nitrogens with one attached hydrogen (secondary N) is 2. The van der Waals surface area contributed by atoms with E-state index in [1.165, 1.54) is 19.3 Å². The number of rotatable bonds is 7. The van der Waals surface area contributed by atoms with E-state index in [0.717, 1.165) is 56.3 Å². The molecule has 150 valence electrons. The Kier molecular flexibility index (Phi) is 7.53. The standard InChI is InChI=1S/C21H32ClN3O2/c1-17(18-7-3-4-8-19(18)22)23-15-20(26)24-16-21(9-5-2-6-10-21)25-11-13-27-14-12-25/h3-4,7-8,17,23H,2,5-6,9-16H2,1H3,(H,24,26). The summed E-state index contributed by atoms with van der Waals surface area (Å²) in [6, 6.07) is 7.79. The van der Waals surface area contributed by atoms with Crippen molar-refractivity contribution in [3.05, 3.63) is 34.9 Å². The highest BCUT2D eigenvalue weighted by Gasteiger charge is 2.38. The van der Waals surface area contributed by atoms with Crippen LogP contribution in [0.2, 0.25) is 5.02 Å². The Bertz CT molecular complexity index is 613. The number of halogens is 1. The molecule has 1 saturated carbocycles. The molecule has 5 nitrogen and oxygen atoms in total. The second kappa shape index (κ2) is 9.87. The van der Waals surface area contributed by atoms with Crippen LogP contribution in [-0.4, -0.2) is 55.7 Å². The predicted octanol–water partition coefficient (Wildman–Crippen LogP) is 3.14. The van der Waals surface area contributed by atoms with Crippen molar-refractivity contribution >= 4 is 17.5 Å². The molecular formula is C21H32ClN3O2. The molecule has 2 N–H and O–H groups in total. The SMILES string of the molecule is CC(NCC(=O)NCC1(N2CCOCC2)CCCCC1)c1ccccc1Cl. The van der Waals surface area contributed by atoms with Gasteiger partial charge in [0.1, 0.15) is 0 Å². The maximum absolute atomic E-state index is 12.5. The fourth-order valence-corrected chi connectivity index (χ4v) is 4.66. The zero-order valence-electron chi connectivity index (χ0n) is 16.3. The molecule has 0 aromatic heterocycles. The van der Waals surface area contributed by atoms with E-state index in [0.29, 0.717) is 6.54 Å². The van der Waals surface area contributed by atoms with Crippen molar-refractivity contribution in [3.8, 4) is 0 Å². The number of morpholine rings is 1. The summed E-state index contributed by atoms with van der Waals surface area (Å²) < 4.78 is 5.53. The van der Waals surface area contributed by atoms with Gasteiger partial charge in [0.15, 0.2) is 0 Å². The smallest absolute Gasteiger partial charge is 0.234 e. The highest BCUT2D eigenvalue weighted by molar-refractivity contribution is 6.31. The van der Waals surface area contributed by atoms with Crippen molar-refractivity contribution in [2.75, 3.05) is 39.4 Å². The Morgan fingerprint density at radius 2 is 1.93 bits per heavy atom. The van der Waals surface area contributed by atoms with Crippen LogP contribution < -0.4 is 10.6 Å². The minimum Gasteiger partial charge on any atom is -0.379 e. The minimum absolute atomic E-state index is 0.0346. The van der Waals surface area contributed by atoms with Gasteiger partial charge in [-0.3, -0.25) is 9.69 Å². The molecule has 1 amide bonds. The molecule has 1 saturated heterocycles. The largest absolute Gasteiger partial charge is 0.379 e. The maximum Gasteiger partial charge on any atom is 0.234 e. The van der Waals surface area contributed by atoms with Gasteiger partial charge in [0.05, 0.1) is 19.8 Å². The second-order valence-corrected chi connectivity index (χ2v) is 8.19. The molecule has 1 unspecified atom stereocenters. The molecule has 1 aromatic rings. The van der Waals surface area contributed by atoms with Gasteiger partial charge in [-0.2, -0.15) is 0 Å². The third-order valence-electron chi connectivity index (χ3n) is 6.02. The Hall–Kier alpha value is -1.14. The van der Waals surface area contributed by atoms with Gasteiger partial charge in [-0.1, -0.05) is 49.1 Å². The van der Waals surface area contributed by atoms with E-state index in [-0.39, 0.29) is 17.5 Å². The Labute approximate surface area is 167 Å². The van der Waals surface area contributed by atoms with Gasteiger partial charge in [0.25, 0.3) is 0 Å². The van der Waals surface area contributed by atoms with E-state index in [1.54, 1.807) is 0 Å². The van der Waals surface area contributed by atoms with E-state index < -0.39 is 0 Å². The first-order valence-corrected chi connectivity index (χ1v) is 10.6. The van der Waals surface area contributed by atoms with Gasteiger partial charge < -0.3 is 15.4 Å². The first-order chi connectivity index (χ1) is 13.1. The van der Waals surface area contributed by atoms with Crippen LogP contribution >= 0.6 is 11.6 Å². The monoisotopic (exact) mass is 393 g/mol. The lowest BCUT2D eigenvalue weighted by Gasteiger charge is -2.48. The third-order valence-corrected chi connectivity index (χ3v) is 6.37. The topological polar surface area (TPSA) is 53.6 Å². The van der Waals surface area contributed by atoms with Crippen molar-refractivity contribution in [3.63, 3.8) is 0 Å². The van der Waals surface area contributed by atoms with Gasteiger partial charge in [-0.15, -0.1) is 0 Å². The molecule has 1 aliphatic carbocycles. The zero-order chi connectivity index (χ0) is 19.1. The average molecular weight is 394 g/mol. The fourth-order valence-electron chi connectivity index (χ4n) is 4.36. The molecule has 1 aromatic carbocycles. The van der Waals surface area contributed by atoms with Crippen molar-refractivity contribution < 1.29 is 9.53 Å². The highest BCUT2D eigenvalue weighted by atomic mass is 35.5. The van der Waals surface area contributed by atoms with Crippen LogP contribution in [0, 0.1) is 0 Å². The van der Waals surface area contributed by atoms with E-state index in [9.17, 15) is 4.79 Å². The highest BCUT2D eigenvalue weighted by Crippen LogP contribution is 2.33. The van der Waals surface area contributed by atoms with Crippen LogP contribution in [0.25, 0.3) is 0 Å². The molecule has 2 aliphatic rings. The number of carbonyl (C=O) groups excluding carboxylic acids is 1. The van der Waals surface area contributed by atoms with Gasteiger partial charge in [-0.25, -0.2) is 0 Å². The predicted molar refractivity (Wildman–Crippen MR) is 109 cm³/mol. The summed E-state index contributed by atoms with van der Waals surface area (Å²) in [5.41, 5.74) is 1.12. The summed E-state index contributed by atoms with van der Waals surface area (Å²) in [5, 5.41) is 7.21. The molecule has 1 heterocycles. The average Bonchev–Trinajstić information content (AvgIpc) is 2.72. The fraction of sp³-hybridized carbons (Fsp3) is 0.667. The molecule has 3 rings (SSSR count). The first-order valence-electron chi connectivity index (χ1n) is 10.2. The second-order valence-electron chi connectivity index (χ2n) is 7.79. The van der Waals surface area contributed by atoms with Crippen molar-refractivity contribution in [1.82, 2.24) is 15.5 Å². The van der Waals surface area contributed by atoms with Crippen LogP contribution in [-0.2, 0) is 9.53 Å². The minimum atomic E-state index is 0.0346. The third kappa shape index (κ3) is 5.44. The van der Waals surface area contributed by atoms with Gasteiger partial charge in [0, 0.05) is 36.2 Å². The first kappa shape index (κ1) is 20.6. The van der Waals surface area contributed by atoms with Crippen LogP contribution in [0.4, 0.5) is 0 Å². The van der Waals surface area contributed by atoms with Crippen LogP contribution in [0.1, 0.15) is 50.6 Å². The van der Waals surface area contributed by atoms with Gasteiger partial charge in [0.2, 0.25) is 5.91 Å². The van der Waals surface area contributed by atoms with Crippen molar-refractivity contribution in [2.45, 2.75) is 50.6 Å². The van der Waals surface area contributed by atoms with E-state index in [4.69, 9.17) is 16.3 Å². The van der Waals surface area contributed by atoms with Crippen LogP contribution in [0.5, 0.6) is 0 Å².